The van der Waals surface area contributed by atoms with Crippen molar-refractivity contribution in [3.8, 4) is 0 Å². The molecule has 2 unspecified atom stereocenters. The lowest BCUT2D eigenvalue weighted by atomic mass is 10.0. The first-order valence-electron chi connectivity index (χ1n) is 38.8. The van der Waals surface area contributed by atoms with Gasteiger partial charge in [-0.15, -0.1) is 0 Å². The highest BCUT2D eigenvalue weighted by molar-refractivity contribution is 5.76. The highest BCUT2D eigenvalue weighted by Crippen LogP contribution is 2.19. The molecule has 0 aromatic carbocycles. The van der Waals surface area contributed by atoms with Crippen LogP contribution < -0.4 is 5.32 Å². The molecule has 0 aliphatic carbocycles. The molecule has 0 radical (unpaired) electrons. The second kappa shape index (κ2) is 74.5. The largest absolute Gasteiger partial charge is 0.466 e. The minimum absolute atomic E-state index is 0.0157. The molecule has 0 saturated carbocycles. The van der Waals surface area contributed by atoms with Gasteiger partial charge in [-0.05, 0) is 83.5 Å². The maximum Gasteiger partial charge on any atom is 0.305 e. The predicted molar refractivity (Wildman–Crippen MR) is 375 cm³/mol. The number of carbonyl (C=O) groups excluding carboxylic acids is 2. The van der Waals surface area contributed by atoms with Crippen molar-refractivity contribution in [1.29, 1.82) is 0 Å². The number of unbranched alkanes of at least 4 members (excludes halogenated alkanes) is 58. The van der Waals surface area contributed by atoms with Gasteiger partial charge in [0.05, 0.1) is 25.4 Å². The number of hydrogen-bond donors (Lipinski definition) is 3. The molecule has 502 valence electrons. The van der Waals surface area contributed by atoms with Crippen molar-refractivity contribution < 1.29 is 24.5 Å². The molecule has 0 spiro atoms. The maximum absolute atomic E-state index is 12.5. The van der Waals surface area contributed by atoms with Gasteiger partial charge in [0.1, 0.15) is 0 Å². The normalized spacial score (nSPS) is 12.7. The molecule has 0 rings (SSSR count). The number of nitrogens with one attached hydrogen (secondary N) is 1. The second-order valence-corrected chi connectivity index (χ2v) is 26.7. The number of esters is 1. The van der Waals surface area contributed by atoms with Crippen LogP contribution in [-0.2, 0) is 14.3 Å². The van der Waals surface area contributed by atoms with Gasteiger partial charge in [-0.2, -0.15) is 0 Å². The highest BCUT2D eigenvalue weighted by atomic mass is 16.5. The number of amides is 1. The van der Waals surface area contributed by atoms with Crippen LogP contribution in [0, 0.1) is 0 Å². The molecule has 6 heteroatoms. The Morgan fingerprint density at radius 1 is 0.318 bits per heavy atom. The maximum atomic E-state index is 12.5. The molecule has 0 heterocycles. The summed E-state index contributed by atoms with van der Waals surface area (Å²) in [5, 5.41) is 23.2. The Hall–Kier alpha value is -1.92. The molecule has 3 N–H and O–H groups in total. The molecule has 1 amide bonds. The summed E-state index contributed by atoms with van der Waals surface area (Å²) in [5.41, 5.74) is 0. The van der Waals surface area contributed by atoms with E-state index in [0.717, 1.165) is 44.9 Å². The lowest BCUT2D eigenvalue weighted by molar-refractivity contribution is -0.143. The summed E-state index contributed by atoms with van der Waals surface area (Å²) in [7, 11) is 0. The monoisotopic (exact) mass is 1190 g/mol. The third-order valence-corrected chi connectivity index (χ3v) is 18.1. The first kappa shape index (κ1) is 83.1. The van der Waals surface area contributed by atoms with E-state index in [1.807, 2.05) is 6.08 Å². The molecule has 0 saturated heterocycles. The van der Waals surface area contributed by atoms with E-state index in [1.54, 1.807) is 6.08 Å². The fourth-order valence-electron chi connectivity index (χ4n) is 12.2. The number of rotatable bonds is 73. The number of ether oxygens (including phenoxy) is 1. The van der Waals surface area contributed by atoms with Crippen LogP contribution in [0.5, 0.6) is 0 Å². The van der Waals surface area contributed by atoms with Crippen LogP contribution >= 0.6 is 0 Å². The summed E-state index contributed by atoms with van der Waals surface area (Å²) in [6, 6.07) is -0.627. The quantitative estimate of drug-likeness (QED) is 0.0320. The van der Waals surface area contributed by atoms with Crippen molar-refractivity contribution >= 4 is 11.9 Å². The average Bonchev–Trinajstić information content (AvgIpc) is 3.51. The van der Waals surface area contributed by atoms with E-state index >= 15 is 0 Å². The molecular weight excluding hydrogens is 1040 g/mol. The summed E-state index contributed by atoms with van der Waals surface area (Å²) in [6.45, 7) is 4.94. The van der Waals surface area contributed by atoms with Gasteiger partial charge in [-0.25, -0.2) is 0 Å². The SMILES string of the molecule is CCCCCCCCC/C=C\CCCCCCCCCC(=O)OCCCCCCCCCCCCCC/C=C\CCCCCCCCCCCCCCCCCCC(=O)NC(CO)C(O)/C=C/CCCCCCCCCCCCCCCCCC. The molecule has 0 aliphatic heterocycles. The molecule has 0 aliphatic rings. The van der Waals surface area contributed by atoms with Crippen molar-refractivity contribution in [3.05, 3.63) is 36.5 Å². The number of aliphatic hydroxyl groups is 2. The Morgan fingerprint density at radius 2 is 0.553 bits per heavy atom. The Kier molecular flexibility index (Phi) is 72.9. The van der Waals surface area contributed by atoms with Crippen LogP contribution in [-0.4, -0.2) is 47.4 Å². The van der Waals surface area contributed by atoms with E-state index in [-0.39, 0.29) is 18.5 Å². The van der Waals surface area contributed by atoms with E-state index in [4.69, 9.17) is 4.74 Å². The topological polar surface area (TPSA) is 95.9 Å². The fraction of sp³-hybridized carbons (Fsp3) is 0.899. The number of carbonyl (C=O) groups is 2. The molecule has 0 aromatic heterocycles. The molecule has 6 nitrogen and oxygen atoms in total. The molecule has 0 bridgehead atoms. The molecule has 2 atom stereocenters. The molecule has 0 fully saturated rings. The zero-order chi connectivity index (χ0) is 61.3. The van der Waals surface area contributed by atoms with Crippen LogP contribution in [0.4, 0.5) is 0 Å². The summed E-state index contributed by atoms with van der Waals surface area (Å²) < 4.78 is 5.51. The summed E-state index contributed by atoms with van der Waals surface area (Å²) in [4.78, 5) is 24.6. The van der Waals surface area contributed by atoms with Crippen LogP contribution in [0.2, 0.25) is 0 Å². The van der Waals surface area contributed by atoms with E-state index < -0.39 is 12.1 Å². The van der Waals surface area contributed by atoms with Crippen LogP contribution in [0.3, 0.4) is 0 Å². The number of aliphatic hydroxyl groups excluding tert-OH is 2. The number of allylic oxidation sites excluding steroid dienone is 5. The van der Waals surface area contributed by atoms with Crippen molar-refractivity contribution in [2.24, 2.45) is 0 Å². The Labute approximate surface area is 532 Å². The van der Waals surface area contributed by atoms with Gasteiger partial charge in [0.2, 0.25) is 5.91 Å². The van der Waals surface area contributed by atoms with E-state index in [2.05, 4.69) is 43.5 Å². The van der Waals surface area contributed by atoms with Crippen molar-refractivity contribution in [2.45, 2.75) is 443 Å². The van der Waals surface area contributed by atoms with Crippen LogP contribution in [0.25, 0.3) is 0 Å². The van der Waals surface area contributed by atoms with Gasteiger partial charge in [-0.1, -0.05) is 371 Å². The fourth-order valence-corrected chi connectivity index (χ4v) is 12.2. The van der Waals surface area contributed by atoms with Gasteiger partial charge < -0.3 is 20.3 Å². The van der Waals surface area contributed by atoms with Crippen LogP contribution in [0.1, 0.15) is 431 Å². The third kappa shape index (κ3) is 71.0. The summed E-state index contributed by atoms with van der Waals surface area (Å²) in [6.07, 6.45) is 96.8. The van der Waals surface area contributed by atoms with E-state index in [9.17, 15) is 19.8 Å². The highest BCUT2D eigenvalue weighted by Gasteiger charge is 2.18. The first-order valence-corrected chi connectivity index (χ1v) is 38.8. The van der Waals surface area contributed by atoms with Crippen molar-refractivity contribution in [3.63, 3.8) is 0 Å². The Bertz CT molecular complexity index is 1380. The molecule has 85 heavy (non-hydrogen) atoms. The predicted octanol–water partition coefficient (Wildman–Crippen LogP) is 25.4. The van der Waals surface area contributed by atoms with Gasteiger partial charge in [-0.3, -0.25) is 9.59 Å². The lowest BCUT2D eigenvalue weighted by Gasteiger charge is -2.20. The summed E-state index contributed by atoms with van der Waals surface area (Å²) in [5.74, 6) is -0.0461. The average molecular weight is 1200 g/mol. The smallest absolute Gasteiger partial charge is 0.305 e. The van der Waals surface area contributed by atoms with Crippen molar-refractivity contribution in [1.82, 2.24) is 5.32 Å². The van der Waals surface area contributed by atoms with Gasteiger partial charge >= 0.3 is 5.97 Å². The third-order valence-electron chi connectivity index (χ3n) is 18.1. The Morgan fingerprint density at radius 3 is 0.835 bits per heavy atom. The standard InChI is InChI=1S/C79H151NO5/c1-3-5-7-9-11-13-15-17-19-21-39-43-47-51-55-59-63-67-71-77(82)76(75-81)80-78(83)72-68-64-60-56-52-48-44-40-37-35-33-31-29-27-25-23-24-26-28-30-32-34-36-38-42-46-50-54-58-62-66-70-74-85-79(84)73-69-65-61-57-53-49-45-41-22-20-18-16-14-12-10-8-6-4-2/h20,22,26,28,67,71,76-77,81-82H,3-19,21,23-25,27,29-66,68-70,72-75H2,1-2H3,(H,80,83)/b22-20-,28-26-,71-67+. The van der Waals surface area contributed by atoms with Gasteiger partial charge in [0.25, 0.3) is 0 Å². The van der Waals surface area contributed by atoms with E-state index in [0.29, 0.717) is 19.4 Å². The minimum Gasteiger partial charge on any atom is -0.466 e. The van der Waals surface area contributed by atoms with E-state index in [1.165, 1.54) is 360 Å². The summed E-state index contributed by atoms with van der Waals surface area (Å²) >= 11 is 0. The van der Waals surface area contributed by atoms with Gasteiger partial charge in [0.15, 0.2) is 0 Å². The molecular formula is C79H151NO5. The lowest BCUT2D eigenvalue weighted by Crippen LogP contribution is -2.45. The van der Waals surface area contributed by atoms with Crippen LogP contribution in [0.15, 0.2) is 36.5 Å². The minimum atomic E-state index is -0.843. The van der Waals surface area contributed by atoms with Crippen molar-refractivity contribution in [2.75, 3.05) is 13.2 Å². The van der Waals surface area contributed by atoms with Gasteiger partial charge in [0, 0.05) is 12.8 Å². The second-order valence-electron chi connectivity index (χ2n) is 26.7. The molecule has 0 aromatic rings. The number of hydrogen-bond acceptors (Lipinski definition) is 5. The Balaban J connectivity index is 3.36. The zero-order valence-corrected chi connectivity index (χ0v) is 57.6. The zero-order valence-electron chi connectivity index (χ0n) is 57.6. The first-order chi connectivity index (χ1) is 42.0.